The minimum absolute atomic E-state index is 0.00922. The van der Waals surface area contributed by atoms with Crippen LogP contribution < -0.4 is 0 Å². The van der Waals surface area contributed by atoms with Crippen molar-refractivity contribution >= 4 is 59.7 Å². The van der Waals surface area contributed by atoms with Gasteiger partial charge in [-0.05, 0) is 288 Å². The third kappa shape index (κ3) is 32.7. The Morgan fingerprint density at radius 2 is 0.526 bits per heavy atom. The molecule has 10 saturated heterocycles. The number of fused-ring (bicyclic) bond motifs is 10. The second-order valence-corrected chi connectivity index (χ2v) is 45.6. The summed E-state index contributed by atoms with van der Waals surface area (Å²) < 4.78 is 109. The molecule has 34 atom stereocenters. The molecule has 0 bridgehead atoms. The van der Waals surface area contributed by atoms with E-state index in [1.54, 1.807) is 0 Å². The van der Waals surface area contributed by atoms with E-state index in [-0.39, 0.29) is 137 Å². The molecular formula is C103H156O30. The van der Waals surface area contributed by atoms with Crippen LogP contribution in [0.3, 0.4) is 0 Å². The number of ether oxygens (including phenoxy) is 20. The van der Waals surface area contributed by atoms with Crippen molar-refractivity contribution in [1.82, 2.24) is 0 Å². The molecule has 10 saturated carbocycles. The zero-order valence-corrected chi connectivity index (χ0v) is 80.5. The van der Waals surface area contributed by atoms with E-state index in [9.17, 15) is 47.9 Å². The van der Waals surface area contributed by atoms with Crippen molar-refractivity contribution in [2.75, 3.05) is 66.1 Å². The first-order valence-corrected chi connectivity index (χ1v) is 52.1. The number of esters is 10. The van der Waals surface area contributed by atoms with Gasteiger partial charge >= 0.3 is 59.7 Å². The number of carbonyl (C=O) groups is 10. The number of hydrogen-bond acceptors (Lipinski definition) is 30. The van der Waals surface area contributed by atoms with Gasteiger partial charge in [0.25, 0.3) is 0 Å². The standard InChI is InChI=1S/2C23H36O6.2C20H30O6.C17H24O6/c1-14(12-27-22(25)16-5-7-18-20(9-16)29-18)10-23(2,3)11-21(24)26-13-15-4-6-17-19(8-15)28-17;1-14(8-21(24)26-12-15-4-6-17-19(9-15)28-17)11-23(2,3)13-27-22(25)16-5-7-18-20(10-16)29-18;1-12(10-24-20(22)14-4-6-16-18(9-14)26-16)2-7-19(21)23-11-13-3-5-15-17(8-13)25-15;1-12(6-7-23-20(22)14-3-5-16-18(10-14)26-16)8-19(21)24-11-13-2-4-15-17(9-13)25-15;18-16(20-8-10-1-3-12-14(5-10)22-12)7-17(19)21-9-11-2-4-13-15(6-11)23-13/h2*14-20H,4-13H2,1-3H3;2*12-18H,2-11H2,1H3;10-15H,1-9H2. The fourth-order valence-corrected chi connectivity index (χ4v) is 23.2. The Bertz CT molecular complexity index is 3860. The predicted molar refractivity (Wildman–Crippen MR) is 475 cm³/mol. The number of epoxide rings is 10. The van der Waals surface area contributed by atoms with Gasteiger partial charge in [0.05, 0.1) is 218 Å². The van der Waals surface area contributed by atoms with Crippen LogP contribution >= 0.6 is 0 Å². The van der Waals surface area contributed by atoms with E-state index in [1.807, 2.05) is 13.8 Å². The van der Waals surface area contributed by atoms with Crippen LogP contribution in [-0.4, -0.2) is 248 Å². The molecule has 0 N–H and O–H groups in total. The monoisotopic (exact) mass is 1870 g/mol. The topological polar surface area (TPSA) is 388 Å². The van der Waals surface area contributed by atoms with Crippen LogP contribution in [0.25, 0.3) is 0 Å². The van der Waals surface area contributed by atoms with Gasteiger partial charge in [0.15, 0.2) is 0 Å². The average Bonchev–Trinajstić information content (AvgIpc) is 1.68. The number of rotatable bonds is 40. The molecule has 0 amide bonds. The molecule has 0 aromatic rings. The molecule has 10 aliphatic carbocycles. The Labute approximate surface area is 786 Å². The summed E-state index contributed by atoms with van der Waals surface area (Å²) in [4.78, 5) is 121. The summed E-state index contributed by atoms with van der Waals surface area (Å²) in [7, 11) is 0. The maximum absolute atomic E-state index is 12.4. The van der Waals surface area contributed by atoms with Crippen molar-refractivity contribution in [3.05, 3.63) is 0 Å². The van der Waals surface area contributed by atoms with Crippen LogP contribution in [0.5, 0.6) is 0 Å². The van der Waals surface area contributed by atoms with Crippen LogP contribution in [0.4, 0.5) is 0 Å². The van der Waals surface area contributed by atoms with Crippen molar-refractivity contribution in [3.8, 4) is 0 Å². The Kier molecular flexibility index (Phi) is 34.8. The first-order valence-electron chi connectivity index (χ1n) is 52.1. The second-order valence-electron chi connectivity index (χ2n) is 45.6. The highest BCUT2D eigenvalue weighted by molar-refractivity contribution is 5.91. The summed E-state index contributed by atoms with van der Waals surface area (Å²) in [6.45, 7) is 20.9. The molecule has 0 spiro atoms. The lowest BCUT2D eigenvalue weighted by atomic mass is 9.81. The zero-order valence-electron chi connectivity index (χ0n) is 80.5. The molecular weight excluding hydrogens is 1720 g/mol. The third-order valence-electron chi connectivity index (χ3n) is 32.0. The lowest BCUT2D eigenvalue weighted by Crippen LogP contribution is -2.29. The highest BCUT2D eigenvalue weighted by atomic mass is 16.6. The average molecular weight is 1870 g/mol. The summed E-state index contributed by atoms with van der Waals surface area (Å²) in [5.74, 6) is 1.30. The van der Waals surface area contributed by atoms with E-state index >= 15 is 0 Å². The highest BCUT2D eigenvalue weighted by Crippen LogP contribution is 2.49. The SMILES string of the molecule is CC(CC(=O)OCC1CCC2OC2C1)CC(C)(C)COC(=O)C1CCC2OC2C1.CC(CCC(=O)OCC1CCC2OC2C1)COC(=O)C1CCC2OC2C1.CC(CCOC(=O)C1CCC2OC2C1)CC(=O)OCC1CCC2OC2C1.CC(COC(=O)C1CCC2OC2C1)CC(C)(C)CC(=O)OCC1CCC2OC2C1.O=C(CC(=O)OCC1CCC2OC2C1)OCC1CCC2OC2C1. The fourth-order valence-electron chi connectivity index (χ4n) is 23.2. The molecule has 20 aliphatic rings. The van der Waals surface area contributed by atoms with E-state index < -0.39 is 11.9 Å². The molecule has 10 heterocycles. The molecule has 0 radical (unpaired) electrons. The lowest BCUT2D eigenvalue weighted by molar-refractivity contribution is -0.157. The van der Waals surface area contributed by atoms with Crippen LogP contribution in [-0.2, 0) is 143 Å². The van der Waals surface area contributed by atoms with Gasteiger partial charge < -0.3 is 94.7 Å². The molecule has 30 heteroatoms. The van der Waals surface area contributed by atoms with E-state index in [0.717, 1.165) is 205 Å². The quantitative estimate of drug-likeness (QED) is 0.0238. The van der Waals surface area contributed by atoms with E-state index in [1.165, 1.54) is 0 Å². The Morgan fingerprint density at radius 3 is 0.857 bits per heavy atom. The largest absolute Gasteiger partial charge is 0.465 e. The van der Waals surface area contributed by atoms with Gasteiger partial charge in [0.2, 0.25) is 0 Å². The van der Waals surface area contributed by atoms with Gasteiger partial charge in [-0.3, -0.25) is 47.9 Å². The second kappa shape index (κ2) is 46.1. The van der Waals surface area contributed by atoms with Gasteiger partial charge in [0.1, 0.15) is 6.42 Å². The summed E-state index contributed by atoms with van der Waals surface area (Å²) >= 11 is 0. The minimum atomic E-state index is -0.483. The van der Waals surface area contributed by atoms with E-state index in [4.69, 9.17) is 94.7 Å². The highest BCUT2D eigenvalue weighted by Gasteiger charge is 2.53. The van der Waals surface area contributed by atoms with Gasteiger partial charge in [-0.2, -0.15) is 0 Å². The lowest BCUT2D eigenvalue weighted by Gasteiger charge is -2.28. The number of hydrogen-bond donors (Lipinski definition) is 0. The molecule has 0 aromatic carbocycles. The van der Waals surface area contributed by atoms with Crippen molar-refractivity contribution in [2.24, 2.45) is 93.7 Å². The van der Waals surface area contributed by atoms with Crippen LogP contribution in [0, 0.1) is 93.7 Å². The van der Waals surface area contributed by atoms with E-state index in [2.05, 4.69) is 41.5 Å². The van der Waals surface area contributed by atoms with Crippen molar-refractivity contribution in [3.63, 3.8) is 0 Å². The van der Waals surface area contributed by atoms with Crippen LogP contribution in [0.15, 0.2) is 0 Å². The zero-order chi connectivity index (χ0) is 93.2. The molecule has 20 fully saturated rings. The van der Waals surface area contributed by atoms with Gasteiger partial charge in [-0.25, -0.2) is 0 Å². The number of carbonyl (C=O) groups excluding carboxylic acids is 10. The molecule has 748 valence electrons. The predicted octanol–water partition coefficient (Wildman–Crippen LogP) is 14.1. The molecule has 34 unspecified atom stereocenters. The summed E-state index contributed by atoms with van der Waals surface area (Å²) in [5.41, 5.74) is -0.343. The molecule has 20 rings (SSSR count). The van der Waals surface area contributed by atoms with Gasteiger partial charge in [-0.1, -0.05) is 55.4 Å². The van der Waals surface area contributed by atoms with Crippen molar-refractivity contribution < 1.29 is 143 Å². The summed E-state index contributed by atoms with van der Waals surface area (Å²) in [6, 6.07) is 0. The summed E-state index contributed by atoms with van der Waals surface area (Å²) in [6.07, 6.45) is 41.9. The fraction of sp³-hybridized carbons (Fsp3) is 0.903. The minimum Gasteiger partial charge on any atom is -0.465 e. The van der Waals surface area contributed by atoms with E-state index in [0.29, 0.717) is 238 Å². The third-order valence-corrected chi connectivity index (χ3v) is 32.0. The Morgan fingerprint density at radius 1 is 0.256 bits per heavy atom. The van der Waals surface area contributed by atoms with Crippen molar-refractivity contribution in [1.29, 1.82) is 0 Å². The Balaban J connectivity index is 0.000000121. The van der Waals surface area contributed by atoms with Crippen LogP contribution in [0.1, 0.15) is 306 Å². The molecule has 10 aliphatic heterocycles. The smallest absolute Gasteiger partial charge is 0.317 e. The maximum Gasteiger partial charge on any atom is 0.317 e. The first-order chi connectivity index (χ1) is 63.9. The normalized spacial score (nSPS) is 37.9. The van der Waals surface area contributed by atoms with Crippen LogP contribution in [0.2, 0.25) is 0 Å². The molecule has 0 aromatic heterocycles. The van der Waals surface area contributed by atoms with Gasteiger partial charge in [-0.15, -0.1) is 0 Å². The van der Waals surface area contributed by atoms with Gasteiger partial charge in [0, 0.05) is 19.3 Å². The first kappa shape index (κ1) is 100. The Hall–Kier alpha value is -5.70. The maximum atomic E-state index is 12.4. The van der Waals surface area contributed by atoms with Crippen molar-refractivity contribution in [2.45, 2.75) is 428 Å². The summed E-state index contributed by atoms with van der Waals surface area (Å²) in [5, 5.41) is 0. The molecule has 30 nitrogen and oxygen atoms in total. The molecule has 133 heavy (non-hydrogen) atoms.